The Hall–Kier alpha value is -0.720. The fraction of sp³-hybridized carbons (Fsp3) is 0.556. The third-order valence-electron chi connectivity index (χ3n) is 0.924. The third kappa shape index (κ3) is 7.28. The van der Waals surface area contributed by atoms with Gasteiger partial charge < -0.3 is 5.73 Å². The van der Waals surface area contributed by atoms with E-state index in [1.165, 1.54) is 5.57 Å². The molecule has 0 aliphatic heterocycles. The Morgan fingerprint density at radius 1 is 1.20 bits per heavy atom. The van der Waals surface area contributed by atoms with Gasteiger partial charge >= 0.3 is 0 Å². The summed E-state index contributed by atoms with van der Waals surface area (Å²) in [4.78, 5) is 0. The summed E-state index contributed by atoms with van der Waals surface area (Å²) < 4.78 is 0. The minimum atomic E-state index is 0.868. The van der Waals surface area contributed by atoms with Crippen molar-refractivity contribution in [3.05, 3.63) is 23.4 Å². The lowest BCUT2D eigenvalue weighted by Gasteiger charge is -1.92. The molecule has 0 radical (unpaired) electrons. The molecule has 0 heterocycles. The zero-order valence-corrected chi connectivity index (χ0v) is 7.73. The summed E-state index contributed by atoms with van der Waals surface area (Å²) in [7, 11) is 0. The summed E-state index contributed by atoms with van der Waals surface area (Å²) in [5.74, 6) is 0. The predicted octanol–water partition coefficient (Wildman–Crippen LogP) is 2.84. The van der Waals surface area contributed by atoms with Gasteiger partial charge in [-0.3, -0.25) is 0 Å². The van der Waals surface area contributed by atoms with E-state index < -0.39 is 0 Å². The van der Waals surface area contributed by atoms with Crippen LogP contribution < -0.4 is 5.73 Å². The molecule has 0 aromatic carbocycles. The first-order valence-electron chi connectivity index (χ1n) is 3.74. The molecule has 0 atom stereocenters. The molecule has 0 saturated carbocycles. The van der Waals surface area contributed by atoms with Crippen molar-refractivity contribution in [2.75, 3.05) is 0 Å². The molecule has 1 nitrogen and oxygen atoms in total. The quantitative estimate of drug-likeness (QED) is 0.558. The summed E-state index contributed by atoms with van der Waals surface area (Å²) >= 11 is 0. The van der Waals surface area contributed by atoms with E-state index >= 15 is 0 Å². The van der Waals surface area contributed by atoms with Crippen molar-refractivity contribution in [2.24, 2.45) is 5.73 Å². The molecule has 1 heteroatoms. The van der Waals surface area contributed by atoms with Crippen LogP contribution in [0, 0.1) is 0 Å². The lowest BCUT2D eigenvalue weighted by atomic mass is 10.2. The van der Waals surface area contributed by atoms with Crippen molar-refractivity contribution in [2.45, 2.75) is 34.6 Å². The van der Waals surface area contributed by atoms with Crippen LogP contribution in [0.4, 0.5) is 0 Å². The van der Waals surface area contributed by atoms with Gasteiger partial charge in [-0.15, -0.1) is 0 Å². The monoisotopic (exact) mass is 141 g/mol. The van der Waals surface area contributed by atoms with E-state index in [0.717, 1.165) is 5.70 Å². The van der Waals surface area contributed by atoms with Crippen molar-refractivity contribution >= 4 is 0 Å². The van der Waals surface area contributed by atoms with Gasteiger partial charge in [0.15, 0.2) is 0 Å². The van der Waals surface area contributed by atoms with E-state index in [1.807, 2.05) is 46.8 Å². The van der Waals surface area contributed by atoms with Crippen LogP contribution in [0.25, 0.3) is 0 Å². The molecular weight excluding hydrogens is 122 g/mol. The maximum absolute atomic E-state index is 5.52. The van der Waals surface area contributed by atoms with Crippen molar-refractivity contribution in [3.63, 3.8) is 0 Å². The fourth-order valence-electron chi connectivity index (χ4n) is 0.346. The second-order valence-electron chi connectivity index (χ2n) is 1.96. The topological polar surface area (TPSA) is 26.0 Å². The molecule has 0 aliphatic rings. The first-order chi connectivity index (χ1) is 4.68. The van der Waals surface area contributed by atoms with E-state index in [1.54, 1.807) is 0 Å². The average molecular weight is 141 g/mol. The first kappa shape index (κ1) is 12.0. The van der Waals surface area contributed by atoms with Crippen molar-refractivity contribution in [3.8, 4) is 0 Å². The summed E-state index contributed by atoms with van der Waals surface area (Å²) in [6.07, 6.45) is 3.83. The second kappa shape index (κ2) is 8.28. The van der Waals surface area contributed by atoms with Crippen LogP contribution in [0.5, 0.6) is 0 Å². The number of hydrogen-bond acceptors (Lipinski definition) is 1. The van der Waals surface area contributed by atoms with E-state index in [9.17, 15) is 0 Å². The van der Waals surface area contributed by atoms with Crippen LogP contribution in [0.1, 0.15) is 34.6 Å². The molecular formula is C9H19N. The second-order valence-corrected chi connectivity index (χ2v) is 1.96. The van der Waals surface area contributed by atoms with Crippen LogP contribution in [-0.4, -0.2) is 0 Å². The molecule has 0 bridgehead atoms. The Morgan fingerprint density at radius 2 is 1.60 bits per heavy atom. The van der Waals surface area contributed by atoms with Gasteiger partial charge in [-0.05, 0) is 26.8 Å². The Labute approximate surface area is 64.6 Å². The molecule has 0 aliphatic carbocycles. The maximum atomic E-state index is 5.52. The van der Waals surface area contributed by atoms with Gasteiger partial charge in [-0.2, -0.15) is 0 Å². The molecule has 10 heavy (non-hydrogen) atoms. The smallest absolute Gasteiger partial charge is 0.0296 e. The minimum absolute atomic E-state index is 0.868. The molecule has 0 spiro atoms. The highest BCUT2D eigenvalue weighted by Crippen LogP contribution is 1.95. The molecule has 0 rings (SSSR count). The molecule has 0 aromatic heterocycles. The summed E-state index contributed by atoms with van der Waals surface area (Å²) in [5.41, 5.74) is 7.56. The van der Waals surface area contributed by atoms with E-state index in [0.29, 0.717) is 0 Å². The normalized spacial score (nSPS) is 8.50. The van der Waals surface area contributed by atoms with Gasteiger partial charge in [-0.1, -0.05) is 25.5 Å². The standard InChI is InChI=1S/C7H13N.C2H6/c1-4-5-7(8)6(2)3;1-2/h4-5H,8H2,1-3H3;1-2H3/b5-4-;. The predicted molar refractivity (Wildman–Crippen MR) is 48.7 cm³/mol. The van der Waals surface area contributed by atoms with E-state index in [4.69, 9.17) is 5.73 Å². The van der Waals surface area contributed by atoms with Crippen LogP contribution in [-0.2, 0) is 0 Å². The van der Waals surface area contributed by atoms with Crippen LogP contribution in [0.3, 0.4) is 0 Å². The first-order valence-corrected chi connectivity index (χ1v) is 3.74. The van der Waals surface area contributed by atoms with E-state index in [2.05, 4.69) is 0 Å². The number of hydrogen-bond donors (Lipinski definition) is 1. The molecule has 60 valence electrons. The Kier molecular flexibility index (Phi) is 9.94. The summed E-state index contributed by atoms with van der Waals surface area (Å²) in [6.45, 7) is 9.94. The Balaban J connectivity index is 0. The molecule has 0 unspecified atom stereocenters. The lowest BCUT2D eigenvalue weighted by Crippen LogP contribution is -1.94. The van der Waals surface area contributed by atoms with Gasteiger partial charge in [0, 0.05) is 5.70 Å². The van der Waals surface area contributed by atoms with Crippen LogP contribution >= 0.6 is 0 Å². The molecule has 0 amide bonds. The van der Waals surface area contributed by atoms with Gasteiger partial charge in [0.1, 0.15) is 0 Å². The number of rotatable bonds is 1. The Bertz CT molecular complexity index is 117. The van der Waals surface area contributed by atoms with Crippen LogP contribution in [0.2, 0.25) is 0 Å². The van der Waals surface area contributed by atoms with Gasteiger partial charge in [0.25, 0.3) is 0 Å². The number of allylic oxidation sites excluding steroid dienone is 3. The van der Waals surface area contributed by atoms with Gasteiger partial charge in [0.2, 0.25) is 0 Å². The maximum Gasteiger partial charge on any atom is 0.0296 e. The Morgan fingerprint density at radius 3 is 1.70 bits per heavy atom. The summed E-state index contributed by atoms with van der Waals surface area (Å²) in [6, 6.07) is 0. The third-order valence-corrected chi connectivity index (χ3v) is 0.924. The highest BCUT2D eigenvalue weighted by molar-refractivity contribution is 5.18. The minimum Gasteiger partial charge on any atom is -0.399 e. The van der Waals surface area contributed by atoms with Crippen molar-refractivity contribution in [1.82, 2.24) is 0 Å². The molecule has 0 fully saturated rings. The average Bonchev–Trinajstić information content (AvgIpc) is 1.93. The van der Waals surface area contributed by atoms with Gasteiger partial charge in [-0.25, -0.2) is 0 Å². The highest BCUT2D eigenvalue weighted by Gasteiger charge is 1.81. The van der Waals surface area contributed by atoms with Crippen LogP contribution in [0.15, 0.2) is 23.4 Å². The summed E-state index contributed by atoms with van der Waals surface area (Å²) in [5, 5.41) is 0. The largest absolute Gasteiger partial charge is 0.399 e. The zero-order chi connectivity index (χ0) is 8.57. The molecule has 0 aromatic rings. The zero-order valence-electron chi connectivity index (χ0n) is 7.73. The van der Waals surface area contributed by atoms with Crippen molar-refractivity contribution in [1.29, 1.82) is 0 Å². The lowest BCUT2D eigenvalue weighted by molar-refractivity contribution is 1.25. The fourth-order valence-corrected chi connectivity index (χ4v) is 0.346. The number of nitrogens with two attached hydrogens (primary N) is 1. The molecule has 0 saturated heterocycles. The SMILES string of the molecule is C/C=C\C(N)=C(C)C.CC. The van der Waals surface area contributed by atoms with Crippen molar-refractivity contribution < 1.29 is 0 Å². The highest BCUT2D eigenvalue weighted by atomic mass is 14.6. The molecule has 2 N–H and O–H groups in total. The van der Waals surface area contributed by atoms with Gasteiger partial charge in [0.05, 0.1) is 0 Å². The van der Waals surface area contributed by atoms with E-state index in [-0.39, 0.29) is 0 Å².